The minimum atomic E-state index is -0.206. The van der Waals surface area contributed by atoms with Crippen LogP contribution in [0.4, 0.5) is 5.13 Å². The van der Waals surface area contributed by atoms with Crippen molar-refractivity contribution in [3.05, 3.63) is 27.2 Å². The van der Waals surface area contributed by atoms with Crippen LogP contribution < -0.4 is 5.32 Å². The maximum atomic E-state index is 12.8. The first-order valence-corrected chi connectivity index (χ1v) is 13.1. The topological polar surface area (TPSA) is 75.2 Å². The molecule has 2 fully saturated rings. The van der Waals surface area contributed by atoms with Gasteiger partial charge in [0.2, 0.25) is 5.91 Å². The molecule has 0 radical (unpaired) electrons. The van der Waals surface area contributed by atoms with Gasteiger partial charge >= 0.3 is 0 Å². The number of anilines is 1. The van der Waals surface area contributed by atoms with Crippen LogP contribution in [0.1, 0.15) is 92.8 Å². The van der Waals surface area contributed by atoms with Crippen molar-refractivity contribution in [2.75, 3.05) is 18.4 Å². The Hall–Kier alpha value is -1.80. The van der Waals surface area contributed by atoms with E-state index < -0.39 is 0 Å². The molecule has 1 aliphatic heterocycles. The number of hydrogen-bond donors (Lipinski definition) is 1. The molecule has 8 heteroatoms. The molecule has 2 amide bonds. The van der Waals surface area contributed by atoms with Crippen LogP contribution in [0.5, 0.6) is 0 Å². The van der Waals surface area contributed by atoms with Crippen molar-refractivity contribution in [2.24, 2.45) is 5.92 Å². The van der Waals surface area contributed by atoms with Crippen LogP contribution >= 0.6 is 22.7 Å². The standard InChI is InChI=1S/C23H32N4O2S2/c1-23(2,3)18-14-31-22(25-18)26-19(28)17-13-30-20(24-17)15-9-11-27(12-10-15)21(29)16-7-5-4-6-8-16/h13-16H,4-12H2,1-3H3,(H,25,26,28). The van der Waals surface area contributed by atoms with Crippen LogP contribution in [0, 0.1) is 5.92 Å². The van der Waals surface area contributed by atoms with Crippen molar-refractivity contribution >= 4 is 39.6 Å². The first kappa shape index (κ1) is 22.4. The summed E-state index contributed by atoms with van der Waals surface area (Å²) < 4.78 is 0. The molecule has 2 aliphatic rings. The molecule has 168 valence electrons. The minimum Gasteiger partial charge on any atom is -0.342 e. The molecule has 2 aromatic rings. The molecule has 2 aromatic heterocycles. The van der Waals surface area contributed by atoms with E-state index in [9.17, 15) is 9.59 Å². The van der Waals surface area contributed by atoms with E-state index in [4.69, 9.17) is 0 Å². The lowest BCUT2D eigenvalue weighted by atomic mass is 9.87. The van der Waals surface area contributed by atoms with Crippen LogP contribution in [0.3, 0.4) is 0 Å². The Balaban J connectivity index is 1.31. The molecule has 0 aromatic carbocycles. The van der Waals surface area contributed by atoms with Crippen LogP contribution in [-0.2, 0) is 10.2 Å². The van der Waals surface area contributed by atoms with Gasteiger partial charge in [0.15, 0.2) is 5.13 Å². The van der Waals surface area contributed by atoms with Crippen molar-refractivity contribution in [3.63, 3.8) is 0 Å². The summed E-state index contributed by atoms with van der Waals surface area (Å²) in [7, 11) is 0. The third kappa shape index (κ3) is 5.34. The number of rotatable bonds is 4. The van der Waals surface area contributed by atoms with Gasteiger partial charge in [0.05, 0.1) is 10.7 Å². The number of piperidine rings is 1. The fourth-order valence-corrected chi connectivity index (χ4v) is 6.27. The van der Waals surface area contributed by atoms with Gasteiger partial charge in [-0.3, -0.25) is 14.9 Å². The van der Waals surface area contributed by atoms with E-state index in [-0.39, 0.29) is 17.2 Å². The molecule has 0 spiro atoms. The molecule has 31 heavy (non-hydrogen) atoms. The van der Waals surface area contributed by atoms with Gasteiger partial charge in [-0.2, -0.15) is 0 Å². The zero-order valence-electron chi connectivity index (χ0n) is 18.6. The number of nitrogens with one attached hydrogen (secondary N) is 1. The Kier molecular flexibility index (Phi) is 6.77. The summed E-state index contributed by atoms with van der Waals surface area (Å²) >= 11 is 2.99. The highest BCUT2D eigenvalue weighted by Gasteiger charge is 2.30. The number of carbonyl (C=O) groups excluding carboxylic acids is 2. The Bertz CT molecular complexity index is 916. The van der Waals surface area contributed by atoms with Gasteiger partial charge in [-0.25, -0.2) is 9.97 Å². The second-order valence-electron chi connectivity index (χ2n) is 9.75. The number of amides is 2. The molecular formula is C23H32N4O2S2. The van der Waals surface area contributed by atoms with Crippen LogP contribution in [0.25, 0.3) is 0 Å². The fourth-order valence-electron chi connectivity index (χ4n) is 4.37. The van der Waals surface area contributed by atoms with Gasteiger partial charge in [0.25, 0.3) is 5.91 Å². The highest BCUT2D eigenvalue weighted by molar-refractivity contribution is 7.14. The van der Waals surface area contributed by atoms with Crippen molar-refractivity contribution in [3.8, 4) is 0 Å². The predicted molar refractivity (Wildman–Crippen MR) is 126 cm³/mol. The predicted octanol–water partition coefficient (Wildman–Crippen LogP) is 5.44. The lowest BCUT2D eigenvalue weighted by Gasteiger charge is -2.34. The molecule has 1 N–H and O–H groups in total. The van der Waals surface area contributed by atoms with E-state index in [0.717, 1.165) is 49.5 Å². The van der Waals surface area contributed by atoms with E-state index in [2.05, 4.69) is 41.0 Å². The summed E-state index contributed by atoms with van der Waals surface area (Å²) in [5.41, 5.74) is 1.38. The Morgan fingerprint density at radius 3 is 2.35 bits per heavy atom. The normalized spacial score (nSPS) is 18.9. The summed E-state index contributed by atoms with van der Waals surface area (Å²) in [5, 5.41) is 8.33. The average Bonchev–Trinajstić information content (AvgIpc) is 3.44. The van der Waals surface area contributed by atoms with Gasteiger partial charge in [0, 0.05) is 41.1 Å². The molecule has 0 unspecified atom stereocenters. The van der Waals surface area contributed by atoms with Crippen LogP contribution in [0.15, 0.2) is 10.8 Å². The van der Waals surface area contributed by atoms with Crippen molar-refractivity contribution in [1.82, 2.24) is 14.9 Å². The molecule has 0 atom stereocenters. The lowest BCUT2D eigenvalue weighted by Crippen LogP contribution is -2.41. The molecule has 0 bridgehead atoms. The van der Waals surface area contributed by atoms with Crippen LogP contribution in [0.2, 0.25) is 0 Å². The number of likely N-dealkylation sites (tertiary alicyclic amines) is 1. The molecule has 1 aliphatic carbocycles. The first-order valence-electron chi connectivity index (χ1n) is 11.3. The van der Waals surface area contributed by atoms with Crippen LogP contribution in [-0.4, -0.2) is 39.8 Å². The van der Waals surface area contributed by atoms with Crippen molar-refractivity contribution in [2.45, 2.75) is 77.0 Å². The summed E-state index contributed by atoms with van der Waals surface area (Å²) in [6.45, 7) is 7.92. The van der Waals surface area contributed by atoms with E-state index >= 15 is 0 Å². The third-order valence-electron chi connectivity index (χ3n) is 6.36. The third-order valence-corrected chi connectivity index (χ3v) is 8.12. The Morgan fingerprint density at radius 1 is 1.00 bits per heavy atom. The zero-order chi connectivity index (χ0) is 22.0. The largest absolute Gasteiger partial charge is 0.342 e. The van der Waals surface area contributed by atoms with Crippen molar-refractivity contribution in [1.29, 1.82) is 0 Å². The van der Waals surface area contributed by atoms with Gasteiger partial charge in [0.1, 0.15) is 5.69 Å². The van der Waals surface area contributed by atoms with Gasteiger partial charge in [-0.15, -0.1) is 22.7 Å². The monoisotopic (exact) mass is 460 g/mol. The van der Waals surface area contributed by atoms with E-state index in [1.807, 2.05) is 10.8 Å². The second-order valence-corrected chi connectivity index (χ2v) is 11.5. The number of nitrogens with zero attached hydrogens (tertiary/aromatic N) is 3. The first-order chi connectivity index (χ1) is 14.8. The maximum Gasteiger partial charge on any atom is 0.276 e. The highest BCUT2D eigenvalue weighted by Crippen LogP contribution is 2.33. The molecule has 1 saturated carbocycles. The Morgan fingerprint density at radius 2 is 1.71 bits per heavy atom. The molecule has 3 heterocycles. The summed E-state index contributed by atoms with van der Waals surface area (Å²) in [6.07, 6.45) is 7.61. The van der Waals surface area contributed by atoms with Gasteiger partial charge in [-0.05, 0) is 25.7 Å². The number of aromatic nitrogens is 2. The quantitative estimate of drug-likeness (QED) is 0.660. The maximum absolute atomic E-state index is 12.8. The fraction of sp³-hybridized carbons (Fsp3) is 0.652. The molecule has 1 saturated heterocycles. The van der Waals surface area contributed by atoms with Gasteiger partial charge < -0.3 is 4.90 Å². The van der Waals surface area contributed by atoms with Gasteiger partial charge in [-0.1, -0.05) is 40.0 Å². The minimum absolute atomic E-state index is 0.0412. The Labute approximate surface area is 192 Å². The smallest absolute Gasteiger partial charge is 0.276 e. The zero-order valence-corrected chi connectivity index (χ0v) is 20.3. The molecular weight excluding hydrogens is 428 g/mol. The number of thiazole rings is 2. The lowest BCUT2D eigenvalue weighted by molar-refractivity contribution is -0.137. The SMILES string of the molecule is CC(C)(C)c1csc(NC(=O)c2csc(C3CCN(C(=O)C4CCCCC4)CC3)n2)n1. The summed E-state index contributed by atoms with van der Waals surface area (Å²) in [6, 6.07) is 0. The highest BCUT2D eigenvalue weighted by atomic mass is 32.1. The second kappa shape index (κ2) is 9.36. The number of carbonyl (C=O) groups is 2. The van der Waals surface area contributed by atoms with Crippen molar-refractivity contribution < 1.29 is 9.59 Å². The summed E-state index contributed by atoms with van der Waals surface area (Å²) in [5.74, 6) is 0.720. The van der Waals surface area contributed by atoms with E-state index in [1.165, 1.54) is 30.6 Å². The van der Waals surface area contributed by atoms with E-state index in [1.54, 1.807) is 11.3 Å². The molecule has 6 nitrogen and oxygen atoms in total. The van der Waals surface area contributed by atoms with E-state index in [0.29, 0.717) is 22.7 Å². The number of hydrogen-bond acceptors (Lipinski definition) is 6. The molecule has 4 rings (SSSR count). The summed E-state index contributed by atoms with van der Waals surface area (Å²) in [4.78, 5) is 36.6. The average molecular weight is 461 g/mol.